The molecule has 0 aliphatic carbocycles. The number of amides is 2. The molecular weight excluding hydrogens is 345 g/mol. The predicted octanol–water partition coefficient (Wildman–Crippen LogP) is 2.93. The third-order valence-electron chi connectivity index (χ3n) is 2.90. The smallest absolute Gasteiger partial charge is 0.344 e. The standard InChI is InChI=1S/C14H11F3N4O2S/c1-3-7-4-5-8(6-9(7)14(15,16)17)19-12-10(11(22)21-24-12)20-13(23)18-2/h1,4-6,19H,2H3,(H,21,22)(H2,18,20,23). The lowest BCUT2D eigenvalue weighted by Crippen LogP contribution is -2.27. The molecule has 2 rings (SSSR count). The number of nitrogens with one attached hydrogen (secondary N) is 4. The van der Waals surface area contributed by atoms with Gasteiger partial charge in [0.1, 0.15) is 10.7 Å². The summed E-state index contributed by atoms with van der Waals surface area (Å²) in [4.78, 5) is 23.0. The van der Waals surface area contributed by atoms with Crippen molar-refractivity contribution < 1.29 is 18.0 Å². The average Bonchev–Trinajstić information content (AvgIpc) is 2.87. The monoisotopic (exact) mass is 356 g/mol. The van der Waals surface area contributed by atoms with E-state index in [1.807, 2.05) is 5.92 Å². The number of hydrogen-bond acceptors (Lipinski definition) is 4. The van der Waals surface area contributed by atoms with Gasteiger partial charge in [0.25, 0.3) is 5.56 Å². The molecule has 10 heteroatoms. The van der Waals surface area contributed by atoms with E-state index in [4.69, 9.17) is 6.42 Å². The van der Waals surface area contributed by atoms with E-state index in [2.05, 4.69) is 20.3 Å². The van der Waals surface area contributed by atoms with Gasteiger partial charge in [0, 0.05) is 18.3 Å². The Bertz CT molecular complexity index is 864. The molecule has 0 saturated carbocycles. The van der Waals surface area contributed by atoms with Gasteiger partial charge in [-0.05, 0) is 29.7 Å². The normalized spacial score (nSPS) is 10.8. The number of carbonyl (C=O) groups excluding carboxylic acids is 1. The Morgan fingerprint density at radius 2 is 2.08 bits per heavy atom. The van der Waals surface area contributed by atoms with Crippen LogP contribution in [0.4, 0.5) is 34.3 Å². The fourth-order valence-electron chi connectivity index (χ4n) is 1.79. The van der Waals surface area contributed by atoms with Crippen LogP contribution in [0.2, 0.25) is 0 Å². The van der Waals surface area contributed by atoms with Gasteiger partial charge in [0.05, 0.1) is 5.56 Å². The minimum Gasteiger partial charge on any atom is -0.344 e. The molecule has 0 bridgehead atoms. The molecule has 0 spiro atoms. The lowest BCUT2D eigenvalue weighted by Gasteiger charge is -2.12. The fraction of sp³-hybridized carbons (Fsp3) is 0.143. The van der Waals surface area contributed by atoms with Crippen LogP contribution in [0.25, 0.3) is 0 Å². The summed E-state index contributed by atoms with van der Waals surface area (Å²) >= 11 is 0.834. The molecular formula is C14H11F3N4O2S. The number of terminal acetylenes is 1. The molecule has 2 aromatic rings. The third kappa shape index (κ3) is 3.69. The number of carbonyl (C=O) groups is 1. The number of rotatable bonds is 3. The molecule has 0 atom stereocenters. The Balaban J connectivity index is 2.38. The quantitative estimate of drug-likeness (QED) is 0.638. The highest BCUT2D eigenvalue weighted by Crippen LogP contribution is 2.35. The number of urea groups is 1. The minimum atomic E-state index is -4.62. The van der Waals surface area contributed by atoms with Crippen molar-refractivity contribution in [2.75, 3.05) is 17.7 Å². The number of halogens is 3. The van der Waals surface area contributed by atoms with Gasteiger partial charge < -0.3 is 16.0 Å². The minimum absolute atomic E-state index is 0.0662. The number of aromatic amines is 1. The summed E-state index contributed by atoms with van der Waals surface area (Å²) in [5.74, 6) is 1.98. The van der Waals surface area contributed by atoms with E-state index in [0.29, 0.717) is 0 Å². The van der Waals surface area contributed by atoms with E-state index < -0.39 is 23.3 Å². The molecule has 0 radical (unpaired) electrons. The molecule has 1 heterocycles. The largest absolute Gasteiger partial charge is 0.417 e. The fourth-order valence-corrected chi connectivity index (χ4v) is 2.51. The average molecular weight is 356 g/mol. The van der Waals surface area contributed by atoms with Gasteiger partial charge in [-0.3, -0.25) is 9.17 Å². The van der Waals surface area contributed by atoms with Crippen molar-refractivity contribution in [3.8, 4) is 12.3 Å². The second-order valence-electron chi connectivity index (χ2n) is 4.47. The summed E-state index contributed by atoms with van der Waals surface area (Å²) in [6.45, 7) is 0. The second kappa shape index (κ2) is 6.67. The summed E-state index contributed by atoms with van der Waals surface area (Å²) in [5.41, 5.74) is -1.88. The number of alkyl halides is 3. The van der Waals surface area contributed by atoms with Crippen molar-refractivity contribution in [3.05, 3.63) is 39.7 Å². The molecule has 1 aromatic carbocycles. The molecule has 0 aliphatic rings. The van der Waals surface area contributed by atoms with E-state index in [-0.39, 0.29) is 21.9 Å². The van der Waals surface area contributed by atoms with Gasteiger partial charge in [-0.15, -0.1) is 6.42 Å². The Morgan fingerprint density at radius 3 is 2.67 bits per heavy atom. The molecule has 126 valence electrons. The number of H-pyrrole nitrogens is 1. The zero-order valence-electron chi connectivity index (χ0n) is 12.2. The number of benzene rings is 1. The van der Waals surface area contributed by atoms with E-state index in [0.717, 1.165) is 23.7 Å². The molecule has 0 unspecified atom stereocenters. The van der Waals surface area contributed by atoms with Gasteiger partial charge in [0.15, 0.2) is 0 Å². The number of anilines is 3. The van der Waals surface area contributed by atoms with Crippen LogP contribution < -0.4 is 21.5 Å². The summed E-state index contributed by atoms with van der Waals surface area (Å²) in [5, 5.41) is 7.38. The second-order valence-corrected chi connectivity index (χ2v) is 5.29. The Hall–Kier alpha value is -2.93. The van der Waals surface area contributed by atoms with Crippen molar-refractivity contribution in [2.24, 2.45) is 0 Å². The van der Waals surface area contributed by atoms with Gasteiger partial charge in [-0.2, -0.15) is 13.2 Å². The van der Waals surface area contributed by atoms with Crippen LogP contribution in [0.1, 0.15) is 11.1 Å². The van der Waals surface area contributed by atoms with Crippen LogP contribution in [0.15, 0.2) is 23.0 Å². The molecule has 4 N–H and O–H groups in total. The predicted molar refractivity (Wildman–Crippen MR) is 85.7 cm³/mol. The summed E-state index contributed by atoms with van der Waals surface area (Å²) < 4.78 is 41.4. The highest BCUT2D eigenvalue weighted by molar-refractivity contribution is 7.11. The Kier molecular flexibility index (Phi) is 4.85. The van der Waals surface area contributed by atoms with Crippen LogP contribution in [-0.4, -0.2) is 17.5 Å². The Labute approximate surface area is 138 Å². The molecule has 2 amide bonds. The van der Waals surface area contributed by atoms with E-state index in [9.17, 15) is 22.8 Å². The molecule has 0 fully saturated rings. The van der Waals surface area contributed by atoms with E-state index in [1.54, 1.807) is 0 Å². The van der Waals surface area contributed by atoms with Crippen LogP contribution in [0.3, 0.4) is 0 Å². The number of hydrogen-bond donors (Lipinski definition) is 4. The maximum atomic E-state index is 13.0. The highest BCUT2D eigenvalue weighted by Gasteiger charge is 2.33. The first-order chi connectivity index (χ1) is 11.3. The topological polar surface area (TPSA) is 86.0 Å². The lowest BCUT2D eigenvalue weighted by molar-refractivity contribution is -0.137. The first-order valence-corrected chi connectivity index (χ1v) is 7.23. The first-order valence-electron chi connectivity index (χ1n) is 6.41. The maximum Gasteiger partial charge on any atom is 0.417 e. The van der Waals surface area contributed by atoms with Crippen molar-refractivity contribution in [1.82, 2.24) is 9.69 Å². The van der Waals surface area contributed by atoms with Gasteiger partial charge in [-0.1, -0.05) is 5.92 Å². The first kappa shape index (κ1) is 17.4. The van der Waals surface area contributed by atoms with Gasteiger partial charge in [0.2, 0.25) is 0 Å². The van der Waals surface area contributed by atoms with Crippen molar-refractivity contribution in [2.45, 2.75) is 6.18 Å². The van der Waals surface area contributed by atoms with E-state index >= 15 is 0 Å². The highest BCUT2D eigenvalue weighted by atomic mass is 32.1. The molecule has 0 aliphatic heterocycles. The Morgan fingerprint density at radius 1 is 1.38 bits per heavy atom. The molecule has 0 saturated heterocycles. The zero-order chi connectivity index (χ0) is 17.9. The lowest BCUT2D eigenvalue weighted by atomic mass is 10.1. The third-order valence-corrected chi connectivity index (χ3v) is 3.70. The number of aromatic nitrogens is 1. The summed E-state index contributed by atoms with van der Waals surface area (Å²) in [7, 11) is 1.36. The molecule has 24 heavy (non-hydrogen) atoms. The summed E-state index contributed by atoms with van der Waals surface area (Å²) in [6.07, 6.45) is 0.461. The SMILES string of the molecule is C#Cc1ccc(Nc2s[nH]c(=O)c2NC(=O)NC)cc1C(F)(F)F. The van der Waals surface area contributed by atoms with Crippen molar-refractivity contribution in [1.29, 1.82) is 0 Å². The van der Waals surface area contributed by atoms with Crippen molar-refractivity contribution in [3.63, 3.8) is 0 Å². The van der Waals surface area contributed by atoms with Crippen LogP contribution in [-0.2, 0) is 6.18 Å². The van der Waals surface area contributed by atoms with E-state index in [1.165, 1.54) is 13.1 Å². The maximum absolute atomic E-state index is 13.0. The van der Waals surface area contributed by atoms with Crippen molar-refractivity contribution >= 4 is 33.9 Å². The van der Waals surface area contributed by atoms with Gasteiger partial charge in [-0.25, -0.2) is 4.79 Å². The molecule has 6 nitrogen and oxygen atoms in total. The van der Waals surface area contributed by atoms with Gasteiger partial charge >= 0.3 is 12.2 Å². The van der Waals surface area contributed by atoms with Crippen LogP contribution in [0.5, 0.6) is 0 Å². The summed E-state index contributed by atoms with van der Waals surface area (Å²) in [6, 6.07) is 2.69. The van der Waals surface area contributed by atoms with Crippen LogP contribution >= 0.6 is 11.5 Å². The molecule has 1 aromatic heterocycles. The van der Waals surface area contributed by atoms with Crippen LogP contribution in [0, 0.1) is 12.3 Å². The zero-order valence-corrected chi connectivity index (χ0v) is 13.0.